The van der Waals surface area contributed by atoms with E-state index in [1.165, 1.54) is 12.1 Å². The molecule has 1 heterocycles. The van der Waals surface area contributed by atoms with E-state index in [-0.39, 0.29) is 16.4 Å². The first kappa shape index (κ1) is 15.1. The molecule has 1 amide bonds. The summed E-state index contributed by atoms with van der Waals surface area (Å²) in [6.07, 6.45) is 3.18. The van der Waals surface area contributed by atoms with Crippen molar-refractivity contribution < 1.29 is 9.18 Å². The Labute approximate surface area is 115 Å². The Morgan fingerprint density at radius 1 is 1.44 bits per heavy atom. The number of aromatic nitrogens is 1. The molecule has 1 atom stereocenters. The topological polar surface area (TPSA) is 42.0 Å². The highest BCUT2D eigenvalue weighted by molar-refractivity contribution is 9.09. The minimum absolute atomic E-state index is 0.237. The van der Waals surface area contributed by atoms with Crippen LogP contribution in [0.5, 0.6) is 0 Å². The summed E-state index contributed by atoms with van der Waals surface area (Å²) in [5, 5.41) is 2.80. The van der Waals surface area contributed by atoms with E-state index in [1.807, 2.05) is 0 Å². The molecule has 1 aromatic heterocycles. The Hall–Kier alpha value is -0.970. The van der Waals surface area contributed by atoms with Crippen LogP contribution in [-0.2, 0) is 0 Å². The molecule has 5 heteroatoms. The number of halogens is 2. The predicted octanol–water partition coefficient (Wildman–Crippen LogP) is 3.15. The maximum absolute atomic E-state index is 12.7. The molecule has 3 nitrogen and oxygen atoms in total. The molecule has 0 fully saturated rings. The summed E-state index contributed by atoms with van der Waals surface area (Å²) >= 11 is 3.58. The molecule has 1 unspecified atom stereocenters. The number of alkyl halides is 1. The average Bonchev–Trinajstić information content (AvgIpc) is 2.38. The second kappa shape index (κ2) is 7.46. The number of nitrogens with zero attached hydrogens (tertiary/aromatic N) is 1. The van der Waals surface area contributed by atoms with Gasteiger partial charge in [0, 0.05) is 11.4 Å². The third-order valence-electron chi connectivity index (χ3n) is 2.98. The van der Waals surface area contributed by atoms with Crippen LogP contribution in [0.4, 0.5) is 4.39 Å². The molecule has 1 aromatic rings. The highest BCUT2D eigenvalue weighted by atomic mass is 79.9. The van der Waals surface area contributed by atoms with Gasteiger partial charge in [-0.3, -0.25) is 4.79 Å². The summed E-state index contributed by atoms with van der Waals surface area (Å²) in [5.41, 5.74) is 0.237. The minimum atomic E-state index is -0.443. The number of nitrogens with one attached hydrogen (secondary N) is 1. The number of rotatable bonds is 6. The van der Waals surface area contributed by atoms with Gasteiger partial charge in [0.15, 0.2) is 0 Å². The Morgan fingerprint density at radius 3 is 2.61 bits per heavy atom. The van der Waals surface area contributed by atoms with Crippen molar-refractivity contribution in [2.45, 2.75) is 31.5 Å². The summed E-state index contributed by atoms with van der Waals surface area (Å²) in [4.78, 5) is 15.7. The van der Waals surface area contributed by atoms with Crippen molar-refractivity contribution in [3.05, 3.63) is 29.8 Å². The molecule has 0 aliphatic carbocycles. The summed E-state index contributed by atoms with van der Waals surface area (Å²) in [5.74, 6) is -0.182. The van der Waals surface area contributed by atoms with Crippen molar-refractivity contribution in [1.82, 2.24) is 10.3 Å². The molecule has 0 radical (unpaired) electrons. The monoisotopic (exact) mass is 316 g/mol. The molecule has 0 aliphatic rings. The summed E-state index contributed by atoms with van der Waals surface area (Å²) in [6.45, 7) is 4.81. The standard InChI is InChI=1S/C13H18BrFN2O/c1-3-9(4-2)11(14)8-17-13(18)12-6-5-10(15)7-16-12/h5-7,9,11H,3-4,8H2,1-2H3,(H,17,18). The molecule has 100 valence electrons. The van der Waals surface area contributed by atoms with E-state index < -0.39 is 5.82 Å². The van der Waals surface area contributed by atoms with Crippen LogP contribution < -0.4 is 5.32 Å². The average molecular weight is 317 g/mol. The van der Waals surface area contributed by atoms with Crippen LogP contribution in [0.15, 0.2) is 18.3 Å². The van der Waals surface area contributed by atoms with E-state index in [9.17, 15) is 9.18 Å². The first-order valence-corrected chi connectivity index (χ1v) is 7.03. The van der Waals surface area contributed by atoms with Crippen molar-refractivity contribution in [3.8, 4) is 0 Å². The van der Waals surface area contributed by atoms with Gasteiger partial charge in [-0.15, -0.1) is 0 Å². The smallest absolute Gasteiger partial charge is 0.269 e. The van der Waals surface area contributed by atoms with E-state index in [4.69, 9.17) is 0 Å². The number of carbonyl (C=O) groups is 1. The predicted molar refractivity (Wildman–Crippen MR) is 73.3 cm³/mol. The van der Waals surface area contributed by atoms with Crippen molar-refractivity contribution in [3.63, 3.8) is 0 Å². The van der Waals surface area contributed by atoms with Gasteiger partial charge in [0.05, 0.1) is 6.20 Å². The minimum Gasteiger partial charge on any atom is -0.350 e. The highest BCUT2D eigenvalue weighted by Gasteiger charge is 2.16. The molecular formula is C13H18BrFN2O. The molecular weight excluding hydrogens is 299 g/mol. The van der Waals surface area contributed by atoms with E-state index >= 15 is 0 Å². The van der Waals surface area contributed by atoms with E-state index in [0.717, 1.165) is 19.0 Å². The molecule has 0 aliphatic heterocycles. The quantitative estimate of drug-likeness (QED) is 0.819. The lowest BCUT2D eigenvalue weighted by Gasteiger charge is -2.19. The number of hydrogen-bond donors (Lipinski definition) is 1. The molecule has 1 rings (SSSR count). The highest BCUT2D eigenvalue weighted by Crippen LogP contribution is 2.19. The molecule has 0 saturated carbocycles. The van der Waals surface area contributed by atoms with Gasteiger partial charge >= 0.3 is 0 Å². The fourth-order valence-electron chi connectivity index (χ4n) is 1.76. The Balaban J connectivity index is 2.48. The van der Waals surface area contributed by atoms with E-state index in [0.29, 0.717) is 12.5 Å². The Kier molecular flexibility index (Phi) is 6.25. The summed E-state index contributed by atoms with van der Waals surface area (Å²) in [7, 11) is 0. The van der Waals surface area contributed by atoms with E-state index in [2.05, 4.69) is 40.1 Å². The fraction of sp³-hybridized carbons (Fsp3) is 0.538. The third-order valence-corrected chi connectivity index (χ3v) is 4.05. The number of pyridine rings is 1. The zero-order valence-electron chi connectivity index (χ0n) is 10.6. The molecule has 18 heavy (non-hydrogen) atoms. The third kappa shape index (κ3) is 4.37. The SMILES string of the molecule is CCC(CC)C(Br)CNC(=O)c1ccc(F)cn1. The second-order valence-corrected chi connectivity index (χ2v) is 5.34. The lowest BCUT2D eigenvalue weighted by atomic mass is 9.99. The first-order valence-electron chi connectivity index (χ1n) is 6.12. The van der Waals surface area contributed by atoms with Gasteiger partial charge in [-0.25, -0.2) is 9.37 Å². The van der Waals surface area contributed by atoms with Gasteiger partial charge in [-0.05, 0) is 18.1 Å². The van der Waals surface area contributed by atoms with Crippen LogP contribution in [-0.4, -0.2) is 22.3 Å². The number of amides is 1. The number of hydrogen-bond acceptors (Lipinski definition) is 2. The van der Waals surface area contributed by atoms with Crippen LogP contribution in [0.2, 0.25) is 0 Å². The van der Waals surface area contributed by atoms with Crippen LogP contribution in [0.1, 0.15) is 37.2 Å². The van der Waals surface area contributed by atoms with Crippen molar-refractivity contribution in [1.29, 1.82) is 0 Å². The molecule has 0 spiro atoms. The van der Waals surface area contributed by atoms with Gasteiger partial charge in [0.25, 0.3) is 5.91 Å². The normalized spacial score (nSPS) is 12.5. The zero-order valence-corrected chi connectivity index (χ0v) is 12.2. The van der Waals surface area contributed by atoms with Gasteiger partial charge < -0.3 is 5.32 Å². The van der Waals surface area contributed by atoms with Crippen LogP contribution in [0.25, 0.3) is 0 Å². The summed E-state index contributed by atoms with van der Waals surface area (Å²) in [6, 6.07) is 2.61. The van der Waals surface area contributed by atoms with Crippen LogP contribution in [0, 0.1) is 11.7 Å². The largest absolute Gasteiger partial charge is 0.350 e. The number of carbonyl (C=O) groups excluding carboxylic acids is 1. The van der Waals surface area contributed by atoms with Crippen LogP contribution in [0.3, 0.4) is 0 Å². The second-order valence-electron chi connectivity index (χ2n) is 4.16. The first-order chi connectivity index (χ1) is 8.58. The lowest BCUT2D eigenvalue weighted by Crippen LogP contribution is -2.33. The van der Waals surface area contributed by atoms with E-state index in [1.54, 1.807) is 0 Å². The van der Waals surface area contributed by atoms with Gasteiger partial charge in [0.2, 0.25) is 0 Å². The molecule has 0 aromatic carbocycles. The molecule has 0 bridgehead atoms. The van der Waals surface area contributed by atoms with Gasteiger partial charge in [-0.1, -0.05) is 42.6 Å². The summed E-state index contributed by atoms with van der Waals surface area (Å²) < 4.78 is 12.7. The fourth-order valence-corrected chi connectivity index (χ4v) is 2.67. The molecule has 0 saturated heterocycles. The van der Waals surface area contributed by atoms with Crippen LogP contribution >= 0.6 is 15.9 Å². The van der Waals surface area contributed by atoms with Gasteiger partial charge in [-0.2, -0.15) is 0 Å². The lowest BCUT2D eigenvalue weighted by molar-refractivity contribution is 0.0947. The van der Waals surface area contributed by atoms with Gasteiger partial charge in [0.1, 0.15) is 11.5 Å². The maximum atomic E-state index is 12.7. The Morgan fingerprint density at radius 2 is 2.11 bits per heavy atom. The van der Waals surface area contributed by atoms with Crippen molar-refractivity contribution in [2.75, 3.05) is 6.54 Å². The Bertz CT molecular complexity index is 379. The van der Waals surface area contributed by atoms with Crippen molar-refractivity contribution in [2.24, 2.45) is 5.92 Å². The molecule has 1 N–H and O–H groups in total. The zero-order chi connectivity index (χ0) is 13.5. The van der Waals surface area contributed by atoms with Crippen molar-refractivity contribution >= 4 is 21.8 Å². The maximum Gasteiger partial charge on any atom is 0.269 e.